The molecule has 0 atom stereocenters. The first-order valence-corrected chi connectivity index (χ1v) is 12.1. The molecule has 0 radical (unpaired) electrons. The lowest BCUT2D eigenvalue weighted by Crippen LogP contribution is -2.18. The fourth-order valence-electron chi connectivity index (χ4n) is 3.78. The Labute approximate surface area is 184 Å². The van der Waals surface area contributed by atoms with Crippen molar-refractivity contribution >= 4 is 5.97 Å². The number of nitro groups is 1. The Bertz CT molecular complexity index is 521. The van der Waals surface area contributed by atoms with E-state index in [1.54, 1.807) is 6.08 Å². The maximum Gasteiger partial charge on any atom is 0.305 e. The second-order valence-corrected chi connectivity index (χ2v) is 8.25. The first kappa shape index (κ1) is 28.4. The number of carbonyl (C=O) groups excluding carboxylic acids is 1. The molecule has 5 nitrogen and oxygen atoms in total. The molecule has 0 aliphatic carbocycles. The number of esters is 1. The van der Waals surface area contributed by atoms with Crippen LogP contribution in [0.3, 0.4) is 0 Å². The number of ether oxygens (including phenoxy) is 1. The van der Waals surface area contributed by atoms with Crippen molar-refractivity contribution in [2.24, 2.45) is 5.41 Å². The monoisotopic (exact) mass is 423 g/mol. The van der Waals surface area contributed by atoms with Crippen LogP contribution in [0.5, 0.6) is 0 Å². The molecule has 0 spiro atoms. The molecular weight excluding hydrogens is 378 g/mol. The van der Waals surface area contributed by atoms with Gasteiger partial charge in [-0.2, -0.15) is 0 Å². The van der Waals surface area contributed by atoms with Crippen LogP contribution < -0.4 is 0 Å². The van der Waals surface area contributed by atoms with Crippen LogP contribution in [-0.4, -0.2) is 17.5 Å². The molecule has 30 heavy (non-hydrogen) atoms. The summed E-state index contributed by atoms with van der Waals surface area (Å²) in [6, 6.07) is 0. The van der Waals surface area contributed by atoms with Gasteiger partial charge in [0, 0.05) is 6.42 Å². The third kappa shape index (κ3) is 13.6. The van der Waals surface area contributed by atoms with Gasteiger partial charge in [0.15, 0.2) is 0 Å². The lowest BCUT2D eigenvalue weighted by molar-refractivity contribution is -0.427. The minimum atomic E-state index is -0.237. The molecule has 0 aliphatic rings. The SMILES string of the molecule is CCCCC/C=C(/C/C=C\CC(CC)(CC)CCCCCCC(=O)OCC)[N+](=O)[O-]. The third-order valence-electron chi connectivity index (χ3n) is 6.11. The van der Waals surface area contributed by atoms with Crippen molar-refractivity contribution in [2.75, 3.05) is 6.61 Å². The van der Waals surface area contributed by atoms with Gasteiger partial charge in [-0.15, -0.1) is 0 Å². The molecule has 0 saturated heterocycles. The van der Waals surface area contributed by atoms with E-state index >= 15 is 0 Å². The molecular formula is C25H45NO4. The van der Waals surface area contributed by atoms with Crippen LogP contribution in [0.2, 0.25) is 0 Å². The second-order valence-electron chi connectivity index (χ2n) is 8.25. The van der Waals surface area contributed by atoms with Crippen LogP contribution in [0.1, 0.15) is 118 Å². The van der Waals surface area contributed by atoms with E-state index in [-0.39, 0.29) is 16.3 Å². The molecule has 0 aromatic carbocycles. The zero-order valence-electron chi connectivity index (χ0n) is 19.9. The largest absolute Gasteiger partial charge is 0.466 e. The predicted molar refractivity (Wildman–Crippen MR) is 125 cm³/mol. The van der Waals surface area contributed by atoms with E-state index in [0.29, 0.717) is 25.1 Å². The molecule has 5 heteroatoms. The summed E-state index contributed by atoms with van der Waals surface area (Å²) in [5.41, 5.74) is 0.597. The summed E-state index contributed by atoms with van der Waals surface area (Å²) in [7, 11) is 0. The maximum atomic E-state index is 11.4. The lowest BCUT2D eigenvalue weighted by Gasteiger charge is -2.31. The molecule has 0 aliphatic heterocycles. The van der Waals surface area contributed by atoms with E-state index in [4.69, 9.17) is 4.74 Å². The minimum absolute atomic E-state index is 0.0902. The van der Waals surface area contributed by atoms with Crippen LogP contribution >= 0.6 is 0 Å². The van der Waals surface area contributed by atoms with Crippen molar-refractivity contribution in [3.05, 3.63) is 34.0 Å². The molecule has 0 fully saturated rings. The van der Waals surface area contributed by atoms with Crippen molar-refractivity contribution in [1.29, 1.82) is 0 Å². The van der Waals surface area contributed by atoms with Gasteiger partial charge in [0.25, 0.3) is 0 Å². The zero-order valence-corrected chi connectivity index (χ0v) is 19.9. The number of rotatable bonds is 19. The Balaban J connectivity index is 4.40. The number of hydrogen-bond acceptors (Lipinski definition) is 4. The molecule has 0 unspecified atom stereocenters. The summed E-state index contributed by atoms with van der Waals surface area (Å²) >= 11 is 0. The van der Waals surface area contributed by atoms with Crippen LogP contribution in [0.4, 0.5) is 0 Å². The van der Waals surface area contributed by atoms with Gasteiger partial charge in [0.05, 0.1) is 18.0 Å². The summed E-state index contributed by atoms with van der Waals surface area (Å²) in [5.74, 6) is -0.0902. The van der Waals surface area contributed by atoms with Crippen LogP contribution in [0, 0.1) is 15.5 Å². The molecule has 0 rings (SSSR count). The number of carbonyl (C=O) groups is 1. The summed E-state index contributed by atoms with van der Waals surface area (Å²) in [5, 5.41) is 11.2. The van der Waals surface area contributed by atoms with Crippen molar-refractivity contribution in [2.45, 2.75) is 118 Å². The Kier molecular flexibility index (Phi) is 17.1. The van der Waals surface area contributed by atoms with E-state index in [1.165, 1.54) is 6.42 Å². The van der Waals surface area contributed by atoms with Gasteiger partial charge in [0.2, 0.25) is 5.70 Å². The predicted octanol–water partition coefficient (Wildman–Crippen LogP) is 7.77. The van der Waals surface area contributed by atoms with E-state index < -0.39 is 0 Å². The third-order valence-corrected chi connectivity index (χ3v) is 6.11. The van der Waals surface area contributed by atoms with Crippen molar-refractivity contribution in [3.8, 4) is 0 Å². The summed E-state index contributed by atoms with van der Waals surface area (Å²) in [6.07, 6.45) is 19.6. The molecule has 0 aromatic rings. The van der Waals surface area contributed by atoms with E-state index in [0.717, 1.165) is 70.6 Å². The van der Waals surface area contributed by atoms with Crippen molar-refractivity contribution < 1.29 is 14.5 Å². The number of hydrogen-bond donors (Lipinski definition) is 0. The van der Waals surface area contributed by atoms with Crippen molar-refractivity contribution in [3.63, 3.8) is 0 Å². The molecule has 0 N–H and O–H groups in total. The average molecular weight is 424 g/mol. The van der Waals surface area contributed by atoms with Gasteiger partial charge >= 0.3 is 5.97 Å². The van der Waals surface area contributed by atoms with Crippen LogP contribution in [-0.2, 0) is 9.53 Å². The molecule has 174 valence electrons. The average Bonchev–Trinajstić information content (AvgIpc) is 2.73. The Morgan fingerprint density at radius 2 is 1.67 bits per heavy atom. The maximum absolute atomic E-state index is 11.4. The second kappa shape index (κ2) is 18.1. The quantitative estimate of drug-likeness (QED) is 0.0699. The molecule has 0 bridgehead atoms. The van der Waals surface area contributed by atoms with E-state index in [1.807, 2.05) is 13.0 Å². The Hall–Kier alpha value is -1.65. The highest BCUT2D eigenvalue weighted by Gasteiger charge is 2.24. The normalized spacial score (nSPS) is 12.5. The van der Waals surface area contributed by atoms with Gasteiger partial charge in [0.1, 0.15) is 0 Å². The van der Waals surface area contributed by atoms with Crippen LogP contribution in [0.15, 0.2) is 23.9 Å². The minimum Gasteiger partial charge on any atom is -0.466 e. The smallest absolute Gasteiger partial charge is 0.305 e. The topological polar surface area (TPSA) is 69.4 Å². The molecule has 0 aromatic heterocycles. The highest BCUT2D eigenvalue weighted by atomic mass is 16.6. The summed E-state index contributed by atoms with van der Waals surface area (Å²) < 4.78 is 4.96. The Morgan fingerprint density at radius 3 is 2.27 bits per heavy atom. The fraction of sp³-hybridized carbons (Fsp3) is 0.800. The zero-order chi connectivity index (χ0) is 22.7. The highest BCUT2D eigenvalue weighted by molar-refractivity contribution is 5.69. The number of allylic oxidation sites excluding steroid dienone is 3. The van der Waals surface area contributed by atoms with Gasteiger partial charge in [-0.05, 0) is 50.5 Å². The van der Waals surface area contributed by atoms with Gasteiger partial charge < -0.3 is 4.74 Å². The number of nitrogens with zero attached hydrogens (tertiary/aromatic N) is 1. The van der Waals surface area contributed by atoms with Crippen molar-refractivity contribution in [1.82, 2.24) is 0 Å². The van der Waals surface area contributed by atoms with E-state index in [9.17, 15) is 14.9 Å². The number of unbranched alkanes of at least 4 members (excludes halogenated alkanes) is 6. The fourth-order valence-corrected chi connectivity index (χ4v) is 3.78. The molecule has 0 amide bonds. The summed E-state index contributed by atoms with van der Waals surface area (Å²) in [6.45, 7) is 8.92. The Morgan fingerprint density at radius 1 is 0.967 bits per heavy atom. The van der Waals surface area contributed by atoms with E-state index in [2.05, 4.69) is 26.8 Å². The lowest BCUT2D eigenvalue weighted by atomic mass is 9.75. The first-order chi connectivity index (χ1) is 14.4. The van der Waals surface area contributed by atoms with Gasteiger partial charge in [-0.3, -0.25) is 14.9 Å². The highest BCUT2D eigenvalue weighted by Crippen LogP contribution is 2.37. The molecule has 0 heterocycles. The van der Waals surface area contributed by atoms with Crippen LogP contribution in [0.25, 0.3) is 0 Å². The standard InChI is InChI=1S/C25H45NO4/c1-5-9-10-13-18-23(26(28)29)19-15-17-22-25(6-2,7-3)21-16-12-11-14-20-24(27)30-8-4/h15,17-18H,5-14,16,19-22H2,1-4H3/b17-15-,23-18-. The van der Waals surface area contributed by atoms with Gasteiger partial charge in [-0.1, -0.05) is 77.9 Å². The first-order valence-electron chi connectivity index (χ1n) is 12.1. The summed E-state index contributed by atoms with van der Waals surface area (Å²) in [4.78, 5) is 22.4. The van der Waals surface area contributed by atoms with Gasteiger partial charge in [-0.25, -0.2) is 0 Å². The molecule has 0 saturated carbocycles.